The molecule has 0 radical (unpaired) electrons. The van der Waals surface area contributed by atoms with E-state index in [0.29, 0.717) is 17.9 Å². The lowest BCUT2D eigenvalue weighted by Crippen LogP contribution is -2.15. The number of furan rings is 1. The molecule has 16 heavy (non-hydrogen) atoms. The molecule has 1 saturated carbocycles. The largest absolute Gasteiger partial charge is 0.465 e. The SMILES string of the molecule is COC(=O)c1cc(CNCC2CC2)oc1C. The van der Waals surface area contributed by atoms with Crippen LogP contribution < -0.4 is 5.32 Å². The molecular weight excluding hydrogens is 206 g/mol. The molecule has 1 aromatic heterocycles. The van der Waals surface area contributed by atoms with Gasteiger partial charge in [0.25, 0.3) is 0 Å². The zero-order valence-corrected chi connectivity index (χ0v) is 9.71. The smallest absolute Gasteiger partial charge is 0.341 e. The van der Waals surface area contributed by atoms with Crippen LogP contribution in [0.2, 0.25) is 0 Å². The van der Waals surface area contributed by atoms with Crippen molar-refractivity contribution in [3.05, 3.63) is 23.2 Å². The molecule has 2 rings (SSSR count). The molecule has 0 spiro atoms. The number of hydrogen-bond acceptors (Lipinski definition) is 4. The number of ether oxygens (including phenoxy) is 1. The molecular formula is C12H17NO3. The van der Waals surface area contributed by atoms with Crippen molar-refractivity contribution in [2.24, 2.45) is 5.92 Å². The van der Waals surface area contributed by atoms with Gasteiger partial charge >= 0.3 is 5.97 Å². The number of carbonyl (C=O) groups is 1. The number of esters is 1. The second-order valence-electron chi connectivity index (χ2n) is 4.25. The minimum absolute atomic E-state index is 0.338. The summed E-state index contributed by atoms with van der Waals surface area (Å²) in [5.74, 6) is 1.92. The molecule has 0 amide bonds. The molecule has 0 aliphatic heterocycles. The fourth-order valence-corrected chi connectivity index (χ4v) is 1.66. The Morgan fingerprint density at radius 2 is 2.38 bits per heavy atom. The zero-order chi connectivity index (χ0) is 11.5. The Balaban J connectivity index is 1.91. The number of carbonyl (C=O) groups excluding carboxylic acids is 1. The Morgan fingerprint density at radius 3 is 3.00 bits per heavy atom. The molecule has 1 heterocycles. The Kier molecular flexibility index (Phi) is 3.29. The molecule has 1 aromatic rings. The minimum atomic E-state index is -0.338. The predicted molar refractivity (Wildman–Crippen MR) is 59.2 cm³/mol. The molecule has 4 heteroatoms. The zero-order valence-electron chi connectivity index (χ0n) is 9.71. The highest BCUT2D eigenvalue weighted by Crippen LogP contribution is 2.27. The lowest BCUT2D eigenvalue weighted by Gasteiger charge is -1.99. The molecule has 0 aromatic carbocycles. The van der Waals surface area contributed by atoms with E-state index in [4.69, 9.17) is 4.42 Å². The van der Waals surface area contributed by atoms with Crippen LogP contribution in [0.15, 0.2) is 10.5 Å². The first-order chi connectivity index (χ1) is 7.70. The second kappa shape index (κ2) is 4.70. The van der Waals surface area contributed by atoms with Gasteiger partial charge in [0.2, 0.25) is 0 Å². The standard InChI is InChI=1S/C12H17NO3/c1-8-11(12(14)15-2)5-10(16-8)7-13-6-9-3-4-9/h5,9,13H,3-4,6-7H2,1-2H3. The summed E-state index contributed by atoms with van der Waals surface area (Å²) in [4.78, 5) is 11.3. The number of aryl methyl sites for hydroxylation is 1. The van der Waals surface area contributed by atoms with Gasteiger partial charge in [-0.05, 0) is 38.3 Å². The third-order valence-corrected chi connectivity index (χ3v) is 2.80. The van der Waals surface area contributed by atoms with Crippen molar-refractivity contribution in [2.75, 3.05) is 13.7 Å². The van der Waals surface area contributed by atoms with Gasteiger partial charge in [0.1, 0.15) is 17.1 Å². The highest BCUT2D eigenvalue weighted by atomic mass is 16.5. The normalized spacial score (nSPS) is 15.1. The van der Waals surface area contributed by atoms with Gasteiger partial charge in [-0.3, -0.25) is 0 Å². The van der Waals surface area contributed by atoms with E-state index in [2.05, 4.69) is 10.1 Å². The predicted octanol–water partition coefficient (Wildman–Crippen LogP) is 1.87. The molecule has 0 atom stereocenters. The van der Waals surface area contributed by atoms with Crippen LogP contribution in [-0.4, -0.2) is 19.6 Å². The van der Waals surface area contributed by atoms with Crippen molar-refractivity contribution in [3.63, 3.8) is 0 Å². The summed E-state index contributed by atoms with van der Waals surface area (Å²) in [5.41, 5.74) is 0.519. The van der Waals surface area contributed by atoms with Gasteiger partial charge in [-0.25, -0.2) is 4.79 Å². The van der Waals surface area contributed by atoms with E-state index in [-0.39, 0.29) is 5.97 Å². The van der Waals surface area contributed by atoms with E-state index in [0.717, 1.165) is 18.2 Å². The fraction of sp³-hybridized carbons (Fsp3) is 0.583. The maximum absolute atomic E-state index is 11.3. The van der Waals surface area contributed by atoms with Crippen molar-refractivity contribution in [2.45, 2.75) is 26.3 Å². The summed E-state index contributed by atoms with van der Waals surface area (Å²) in [6, 6.07) is 1.75. The maximum atomic E-state index is 11.3. The molecule has 1 aliphatic carbocycles. The van der Waals surface area contributed by atoms with E-state index in [1.807, 2.05) is 0 Å². The number of hydrogen-bond donors (Lipinski definition) is 1. The van der Waals surface area contributed by atoms with E-state index < -0.39 is 0 Å². The molecule has 1 N–H and O–H groups in total. The molecule has 0 saturated heterocycles. The maximum Gasteiger partial charge on any atom is 0.341 e. The number of methoxy groups -OCH3 is 1. The average Bonchev–Trinajstić information content (AvgIpc) is 3.01. The average molecular weight is 223 g/mol. The number of rotatable bonds is 5. The molecule has 0 bridgehead atoms. The highest BCUT2D eigenvalue weighted by Gasteiger charge is 2.21. The van der Waals surface area contributed by atoms with Gasteiger partial charge in [0, 0.05) is 0 Å². The summed E-state index contributed by atoms with van der Waals surface area (Å²) in [6.07, 6.45) is 2.66. The monoisotopic (exact) mass is 223 g/mol. The summed E-state index contributed by atoms with van der Waals surface area (Å²) in [6.45, 7) is 3.48. The van der Waals surface area contributed by atoms with Gasteiger partial charge in [-0.2, -0.15) is 0 Å². The third kappa shape index (κ3) is 2.64. The van der Waals surface area contributed by atoms with Gasteiger partial charge in [-0.1, -0.05) is 0 Å². The molecule has 88 valence electrons. The van der Waals surface area contributed by atoms with Crippen LogP contribution in [0, 0.1) is 12.8 Å². The summed E-state index contributed by atoms with van der Waals surface area (Å²) in [7, 11) is 1.37. The molecule has 4 nitrogen and oxygen atoms in total. The second-order valence-corrected chi connectivity index (χ2v) is 4.25. The lowest BCUT2D eigenvalue weighted by atomic mass is 10.2. The van der Waals surface area contributed by atoms with Gasteiger partial charge in [0.15, 0.2) is 0 Å². The molecule has 0 unspecified atom stereocenters. The van der Waals surface area contributed by atoms with E-state index in [1.165, 1.54) is 20.0 Å². The fourth-order valence-electron chi connectivity index (χ4n) is 1.66. The van der Waals surface area contributed by atoms with Crippen LogP contribution in [-0.2, 0) is 11.3 Å². The van der Waals surface area contributed by atoms with Crippen molar-refractivity contribution in [3.8, 4) is 0 Å². The van der Waals surface area contributed by atoms with Gasteiger partial charge in [-0.15, -0.1) is 0 Å². The molecule has 1 fully saturated rings. The van der Waals surface area contributed by atoms with E-state index >= 15 is 0 Å². The first-order valence-electron chi connectivity index (χ1n) is 5.59. The van der Waals surface area contributed by atoms with E-state index in [9.17, 15) is 4.79 Å². The van der Waals surface area contributed by atoms with Crippen LogP contribution in [0.1, 0.15) is 34.7 Å². The van der Waals surface area contributed by atoms with Crippen molar-refractivity contribution < 1.29 is 13.9 Å². The number of nitrogens with one attached hydrogen (secondary N) is 1. The molecule has 1 aliphatic rings. The van der Waals surface area contributed by atoms with Crippen LogP contribution >= 0.6 is 0 Å². The van der Waals surface area contributed by atoms with Crippen LogP contribution in [0.4, 0.5) is 0 Å². The van der Waals surface area contributed by atoms with Crippen molar-refractivity contribution >= 4 is 5.97 Å². The highest BCUT2D eigenvalue weighted by molar-refractivity contribution is 5.90. The first kappa shape index (κ1) is 11.2. The first-order valence-corrected chi connectivity index (χ1v) is 5.59. The summed E-state index contributed by atoms with van der Waals surface area (Å²) in [5, 5.41) is 3.32. The Morgan fingerprint density at radius 1 is 1.62 bits per heavy atom. The Labute approximate surface area is 95.0 Å². The summed E-state index contributed by atoms with van der Waals surface area (Å²) >= 11 is 0. The van der Waals surface area contributed by atoms with E-state index in [1.54, 1.807) is 13.0 Å². The Hall–Kier alpha value is -1.29. The van der Waals surface area contributed by atoms with Gasteiger partial charge in [0.05, 0.1) is 13.7 Å². The van der Waals surface area contributed by atoms with Gasteiger partial charge < -0.3 is 14.5 Å². The summed E-state index contributed by atoms with van der Waals surface area (Å²) < 4.78 is 10.1. The van der Waals surface area contributed by atoms with Crippen molar-refractivity contribution in [1.82, 2.24) is 5.32 Å². The lowest BCUT2D eigenvalue weighted by molar-refractivity contribution is 0.0599. The van der Waals surface area contributed by atoms with Crippen LogP contribution in [0.25, 0.3) is 0 Å². The minimum Gasteiger partial charge on any atom is -0.465 e. The van der Waals surface area contributed by atoms with Crippen molar-refractivity contribution in [1.29, 1.82) is 0 Å². The third-order valence-electron chi connectivity index (χ3n) is 2.80. The van der Waals surface area contributed by atoms with Crippen LogP contribution in [0.3, 0.4) is 0 Å². The van der Waals surface area contributed by atoms with Crippen LogP contribution in [0.5, 0.6) is 0 Å². The Bertz CT molecular complexity index is 380. The quantitative estimate of drug-likeness (QED) is 0.774. The topological polar surface area (TPSA) is 51.5 Å².